The molecule has 0 fully saturated rings. The third-order valence-electron chi connectivity index (χ3n) is 2.29. The van der Waals surface area contributed by atoms with Crippen LogP contribution in [0.3, 0.4) is 0 Å². The quantitative estimate of drug-likeness (QED) is 0.591. The predicted molar refractivity (Wildman–Crippen MR) is 77.9 cm³/mol. The first-order chi connectivity index (χ1) is 8.60. The molecule has 0 aliphatic rings. The highest BCUT2D eigenvalue weighted by molar-refractivity contribution is 9.10. The highest BCUT2D eigenvalue weighted by Crippen LogP contribution is 2.31. The fourth-order valence-corrected chi connectivity index (χ4v) is 2.39. The van der Waals surface area contributed by atoms with Gasteiger partial charge in [0.1, 0.15) is 17.3 Å². The van der Waals surface area contributed by atoms with E-state index in [0.717, 1.165) is 10.0 Å². The van der Waals surface area contributed by atoms with Crippen molar-refractivity contribution < 1.29 is 9.13 Å². The number of hydrogen-bond donors (Lipinski definition) is 0. The summed E-state index contributed by atoms with van der Waals surface area (Å²) in [6.45, 7) is 0. The molecule has 1 nitrogen and oxygen atoms in total. The van der Waals surface area contributed by atoms with E-state index < -0.39 is 0 Å². The van der Waals surface area contributed by atoms with Crippen LogP contribution in [0.15, 0.2) is 45.3 Å². The minimum atomic E-state index is -0.323. The lowest BCUT2D eigenvalue weighted by Crippen LogP contribution is -1.90. The fraction of sp³-hybridized carbons (Fsp3) is 0.0769. The summed E-state index contributed by atoms with van der Waals surface area (Å²) in [7, 11) is 0. The van der Waals surface area contributed by atoms with Crippen molar-refractivity contribution in [3.63, 3.8) is 0 Å². The van der Waals surface area contributed by atoms with E-state index in [1.165, 1.54) is 6.07 Å². The van der Waals surface area contributed by atoms with Gasteiger partial charge in [-0.25, -0.2) is 4.39 Å². The van der Waals surface area contributed by atoms with Gasteiger partial charge in [-0.3, -0.25) is 0 Å². The second-order valence-electron chi connectivity index (χ2n) is 3.56. The van der Waals surface area contributed by atoms with Crippen molar-refractivity contribution in [3.05, 3.63) is 56.7 Å². The van der Waals surface area contributed by atoms with Crippen molar-refractivity contribution in [1.29, 1.82) is 0 Å². The average Bonchev–Trinajstić information content (AvgIpc) is 2.36. The van der Waals surface area contributed by atoms with Gasteiger partial charge in [-0.2, -0.15) is 0 Å². The normalized spacial score (nSPS) is 10.4. The first-order valence-electron chi connectivity index (χ1n) is 5.07. The molecule has 94 valence electrons. The van der Waals surface area contributed by atoms with E-state index >= 15 is 0 Å². The SMILES string of the molecule is Fc1ccc(Oc2ccc(Br)cc2CCl)cc1Br. The summed E-state index contributed by atoms with van der Waals surface area (Å²) < 4.78 is 20.1. The van der Waals surface area contributed by atoms with Gasteiger partial charge in [0.15, 0.2) is 0 Å². The minimum absolute atomic E-state index is 0.323. The van der Waals surface area contributed by atoms with E-state index in [1.807, 2.05) is 18.2 Å². The van der Waals surface area contributed by atoms with Gasteiger partial charge in [0.2, 0.25) is 0 Å². The van der Waals surface area contributed by atoms with E-state index in [0.29, 0.717) is 21.9 Å². The molecule has 0 saturated heterocycles. The predicted octanol–water partition coefficient (Wildman–Crippen LogP) is 5.88. The number of ether oxygens (including phenoxy) is 1. The zero-order valence-electron chi connectivity index (χ0n) is 9.09. The largest absolute Gasteiger partial charge is 0.457 e. The Hall–Kier alpha value is -0.580. The minimum Gasteiger partial charge on any atom is -0.457 e. The van der Waals surface area contributed by atoms with E-state index in [4.69, 9.17) is 16.3 Å². The Morgan fingerprint density at radius 2 is 1.89 bits per heavy atom. The molecule has 0 spiro atoms. The Kier molecular flexibility index (Phi) is 4.65. The third-order valence-corrected chi connectivity index (χ3v) is 3.67. The summed E-state index contributed by atoms with van der Waals surface area (Å²) in [5.41, 5.74) is 0.867. The Morgan fingerprint density at radius 3 is 2.56 bits per heavy atom. The van der Waals surface area contributed by atoms with Gasteiger partial charge in [0.05, 0.1) is 10.4 Å². The van der Waals surface area contributed by atoms with E-state index in [1.54, 1.807) is 12.1 Å². The standard InChI is InChI=1S/C13H8Br2ClFO/c14-9-1-4-13(8(5-9)7-16)18-10-2-3-12(17)11(15)6-10/h1-6H,7H2. The smallest absolute Gasteiger partial charge is 0.137 e. The second-order valence-corrected chi connectivity index (χ2v) is 5.60. The van der Waals surface area contributed by atoms with Gasteiger partial charge in [0.25, 0.3) is 0 Å². The van der Waals surface area contributed by atoms with Crippen molar-refractivity contribution in [2.75, 3.05) is 0 Å². The zero-order valence-corrected chi connectivity index (χ0v) is 13.0. The van der Waals surface area contributed by atoms with E-state index in [9.17, 15) is 4.39 Å². The van der Waals surface area contributed by atoms with E-state index in [-0.39, 0.29) is 5.82 Å². The number of hydrogen-bond acceptors (Lipinski definition) is 1. The van der Waals surface area contributed by atoms with Crippen LogP contribution in [0, 0.1) is 5.82 Å². The number of rotatable bonds is 3. The fourth-order valence-electron chi connectivity index (χ4n) is 1.42. The molecule has 0 unspecified atom stereocenters. The van der Waals surface area contributed by atoms with Crippen molar-refractivity contribution >= 4 is 43.5 Å². The van der Waals surface area contributed by atoms with Crippen LogP contribution in [0.25, 0.3) is 0 Å². The molecule has 0 aliphatic carbocycles. The molecule has 2 aromatic carbocycles. The van der Waals surface area contributed by atoms with Crippen LogP contribution < -0.4 is 4.74 Å². The molecule has 0 saturated carbocycles. The van der Waals surface area contributed by atoms with Gasteiger partial charge in [-0.15, -0.1) is 11.6 Å². The molecule has 2 aromatic rings. The number of benzene rings is 2. The Morgan fingerprint density at radius 1 is 1.11 bits per heavy atom. The van der Waals surface area contributed by atoms with Gasteiger partial charge in [0, 0.05) is 10.0 Å². The molecule has 2 rings (SSSR count). The number of alkyl halides is 1. The van der Waals surface area contributed by atoms with Gasteiger partial charge >= 0.3 is 0 Å². The highest BCUT2D eigenvalue weighted by atomic mass is 79.9. The molecule has 0 atom stereocenters. The lowest BCUT2D eigenvalue weighted by Gasteiger charge is -2.10. The summed E-state index contributed by atoms with van der Waals surface area (Å²) in [4.78, 5) is 0. The van der Waals surface area contributed by atoms with Crippen molar-refractivity contribution in [2.45, 2.75) is 5.88 Å². The summed E-state index contributed by atoms with van der Waals surface area (Å²) in [5.74, 6) is 1.23. The summed E-state index contributed by atoms with van der Waals surface area (Å²) in [6.07, 6.45) is 0. The highest BCUT2D eigenvalue weighted by Gasteiger charge is 2.07. The second kappa shape index (κ2) is 6.04. The topological polar surface area (TPSA) is 9.23 Å². The van der Waals surface area contributed by atoms with Gasteiger partial charge in [-0.1, -0.05) is 15.9 Å². The molecule has 0 aromatic heterocycles. The monoisotopic (exact) mass is 392 g/mol. The molecule has 18 heavy (non-hydrogen) atoms. The van der Waals surface area contributed by atoms with Crippen molar-refractivity contribution in [3.8, 4) is 11.5 Å². The van der Waals surface area contributed by atoms with Crippen LogP contribution in [0.2, 0.25) is 0 Å². The molecule has 0 amide bonds. The molecule has 0 aliphatic heterocycles. The van der Waals surface area contributed by atoms with Crippen LogP contribution in [-0.2, 0) is 5.88 Å². The van der Waals surface area contributed by atoms with Crippen molar-refractivity contribution in [2.24, 2.45) is 0 Å². The maximum atomic E-state index is 13.1. The van der Waals surface area contributed by atoms with Crippen molar-refractivity contribution in [1.82, 2.24) is 0 Å². The van der Waals surface area contributed by atoms with Crippen LogP contribution in [0.5, 0.6) is 11.5 Å². The molecule has 0 heterocycles. The molecule has 0 N–H and O–H groups in total. The Labute approximate surface area is 126 Å². The lowest BCUT2D eigenvalue weighted by atomic mass is 10.2. The van der Waals surface area contributed by atoms with Crippen LogP contribution in [-0.4, -0.2) is 0 Å². The Balaban J connectivity index is 2.30. The summed E-state index contributed by atoms with van der Waals surface area (Å²) in [5, 5.41) is 0. The molecule has 5 heteroatoms. The molecule has 0 bridgehead atoms. The van der Waals surface area contributed by atoms with Crippen LogP contribution in [0.4, 0.5) is 4.39 Å². The zero-order chi connectivity index (χ0) is 13.1. The summed E-state index contributed by atoms with van der Waals surface area (Å²) >= 11 is 12.3. The third kappa shape index (κ3) is 3.25. The lowest BCUT2D eigenvalue weighted by molar-refractivity contribution is 0.475. The van der Waals surface area contributed by atoms with E-state index in [2.05, 4.69) is 31.9 Å². The molecular formula is C13H8Br2ClFO. The van der Waals surface area contributed by atoms with Gasteiger partial charge in [-0.05, 0) is 52.3 Å². The molecular weight excluding hydrogens is 386 g/mol. The van der Waals surface area contributed by atoms with Crippen LogP contribution >= 0.6 is 43.5 Å². The van der Waals surface area contributed by atoms with Gasteiger partial charge < -0.3 is 4.74 Å². The van der Waals surface area contributed by atoms with Crippen LogP contribution in [0.1, 0.15) is 5.56 Å². The maximum Gasteiger partial charge on any atom is 0.137 e. The first-order valence-corrected chi connectivity index (χ1v) is 7.19. The summed E-state index contributed by atoms with van der Waals surface area (Å²) in [6, 6.07) is 10.1. The average molecular weight is 394 g/mol. The Bertz CT molecular complexity index is 575. The first kappa shape index (κ1) is 13.8. The molecule has 0 radical (unpaired) electrons. The maximum absolute atomic E-state index is 13.1. The number of halogens is 4.